The molecule has 1 aromatic rings. The number of hydrogen-bond acceptors (Lipinski definition) is 4. The highest BCUT2D eigenvalue weighted by Gasteiger charge is 2.30. The Bertz CT molecular complexity index is 603. The summed E-state index contributed by atoms with van der Waals surface area (Å²) in [4.78, 5) is 37.9. The highest BCUT2D eigenvalue weighted by molar-refractivity contribution is 9.10. The van der Waals surface area contributed by atoms with Crippen molar-refractivity contribution < 1.29 is 19.1 Å². The number of hydrogen-bond donors (Lipinski definition) is 0. The van der Waals surface area contributed by atoms with Gasteiger partial charge in [0.1, 0.15) is 0 Å². The van der Waals surface area contributed by atoms with Crippen molar-refractivity contribution in [2.45, 2.75) is 6.54 Å². The third kappa shape index (κ3) is 3.24. The minimum atomic E-state index is -0.507. The molecule has 0 saturated carbocycles. The number of nitrogens with zero attached hydrogens (tertiary/aromatic N) is 2. The number of amides is 2. The van der Waals surface area contributed by atoms with E-state index in [0.717, 1.165) is 5.56 Å². The summed E-state index contributed by atoms with van der Waals surface area (Å²) in [7, 11) is 2.93. The zero-order chi connectivity index (χ0) is 15.6. The van der Waals surface area contributed by atoms with Crippen molar-refractivity contribution in [3.8, 4) is 0 Å². The molecule has 6 nitrogen and oxygen atoms in total. The van der Waals surface area contributed by atoms with Crippen LogP contribution in [-0.4, -0.2) is 54.8 Å². The van der Waals surface area contributed by atoms with Crippen LogP contribution < -0.4 is 0 Å². The van der Waals surface area contributed by atoms with E-state index in [-0.39, 0.29) is 0 Å². The quantitative estimate of drug-likeness (QED) is 0.600. The molecule has 0 radical (unpaired) electrons. The van der Waals surface area contributed by atoms with E-state index in [2.05, 4.69) is 20.7 Å². The normalized spacial score (nSPS) is 15.4. The number of halogens is 1. The van der Waals surface area contributed by atoms with E-state index >= 15 is 0 Å². The van der Waals surface area contributed by atoms with Gasteiger partial charge in [0.25, 0.3) is 0 Å². The number of carbonyl (C=O) groups excluding carboxylic acids is 3. The fraction of sp³-hybridized carbons (Fsp3) is 0.357. The van der Waals surface area contributed by atoms with E-state index < -0.39 is 17.8 Å². The molecule has 0 bridgehead atoms. The Balaban J connectivity index is 2.15. The largest absolute Gasteiger partial charge is 0.465 e. The van der Waals surface area contributed by atoms with Crippen LogP contribution in [0.2, 0.25) is 0 Å². The first-order chi connectivity index (χ1) is 9.93. The number of esters is 1. The van der Waals surface area contributed by atoms with E-state index in [9.17, 15) is 14.4 Å². The first-order valence-corrected chi connectivity index (χ1v) is 7.14. The lowest BCUT2D eigenvalue weighted by Gasteiger charge is -2.31. The van der Waals surface area contributed by atoms with Crippen LogP contribution in [0.5, 0.6) is 0 Å². The van der Waals surface area contributed by atoms with Gasteiger partial charge in [0.15, 0.2) is 0 Å². The van der Waals surface area contributed by atoms with Crippen LogP contribution in [0.4, 0.5) is 0 Å². The highest BCUT2D eigenvalue weighted by atomic mass is 79.9. The molecule has 0 unspecified atom stereocenters. The molecule has 112 valence electrons. The van der Waals surface area contributed by atoms with Gasteiger partial charge < -0.3 is 14.5 Å². The minimum Gasteiger partial charge on any atom is -0.465 e. The average molecular weight is 355 g/mol. The number of carbonyl (C=O) groups is 3. The molecule has 1 saturated heterocycles. The molecule has 1 heterocycles. The molecule has 1 aliphatic rings. The Morgan fingerprint density at radius 1 is 1.29 bits per heavy atom. The predicted molar refractivity (Wildman–Crippen MR) is 78.5 cm³/mol. The Morgan fingerprint density at radius 3 is 2.62 bits per heavy atom. The third-order valence-electron chi connectivity index (χ3n) is 3.36. The van der Waals surface area contributed by atoms with Gasteiger partial charge in [-0.2, -0.15) is 0 Å². The topological polar surface area (TPSA) is 66.9 Å². The minimum absolute atomic E-state index is 0.320. The summed E-state index contributed by atoms with van der Waals surface area (Å²) in [6.07, 6.45) is 0. The number of ether oxygens (including phenoxy) is 1. The second kappa shape index (κ2) is 6.26. The maximum absolute atomic E-state index is 11.9. The van der Waals surface area contributed by atoms with E-state index in [1.54, 1.807) is 25.2 Å². The van der Waals surface area contributed by atoms with Gasteiger partial charge in [-0.3, -0.25) is 9.59 Å². The number of likely N-dealkylation sites (N-methyl/N-ethyl adjacent to an activating group) is 1. The summed E-state index contributed by atoms with van der Waals surface area (Å²) >= 11 is 3.38. The fourth-order valence-corrected chi connectivity index (χ4v) is 2.55. The van der Waals surface area contributed by atoms with Crippen LogP contribution in [0.3, 0.4) is 0 Å². The van der Waals surface area contributed by atoms with Crippen molar-refractivity contribution in [2.24, 2.45) is 0 Å². The third-order valence-corrected chi connectivity index (χ3v) is 4.10. The van der Waals surface area contributed by atoms with Gasteiger partial charge in [0.2, 0.25) is 0 Å². The number of rotatable bonds is 3. The van der Waals surface area contributed by atoms with Gasteiger partial charge in [0, 0.05) is 31.2 Å². The zero-order valence-corrected chi connectivity index (χ0v) is 13.3. The lowest BCUT2D eigenvalue weighted by Crippen LogP contribution is -2.52. The Morgan fingerprint density at radius 2 is 2.00 bits per heavy atom. The number of benzene rings is 1. The number of methoxy groups -OCH3 is 1. The van der Waals surface area contributed by atoms with Gasteiger partial charge in [0.05, 0.1) is 12.7 Å². The molecule has 0 atom stereocenters. The smallest absolute Gasteiger partial charge is 0.337 e. The Kier molecular flexibility index (Phi) is 4.62. The maximum Gasteiger partial charge on any atom is 0.337 e. The lowest BCUT2D eigenvalue weighted by molar-refractivity contribution is -0.155. The Labute approximate surface area is 130 Å². The first kappa shape index (κ1) is 15.5. The van der Waals surface area contributed by atoms with Crippen LogP contribution in [0.1, 0.15) is 15.9 Å². The maximum atomic E-state index is 11.9. The summed E-state index contributed by atoms with van der Waals surface area (Å²) < 4.78 is 5.35. The van der Waals surface area contributed by atoms with Crippen molar-refractivity contribution in [1.29, 1.82) is 0 Å². The summed E-state index contributed by atoms with van der Waals surface area (Å²) in [5, 5.41) is 0. The SMILES string of the molecule is COC(=O)c1ccc(CN2CCN(C)C(=O)C2=O)c(Br)c1. The Hall–Kier alpha value is -1.89. The molecule has 2 amide bonds. The van der Waals surface area contributed by atoms with Gasteiger partial charge in [-0.1, -0.05) is 22.0 Å². The number of piperazine rings is 1. The highest BCUT2D eigenvalue weighted by Crippen LogP contribution is 2.21. The van der Waals surface area contributed by atoms with Crippen molar-refractivity contribution in [2.75, 3.05) is 27.2 Å². The van der Waals surface area contributed by atoms with Gasteiger partial charge in [-0.15, -0.1) is 0 Å². The molecule has 0 N–H and O–H groups in total. The zero-order valence-electron chi connectivity index (χ0n) is 11.8. The van der Waals surface area contributed by atoms with Crippen LogP contribution >= 0.6 is 15.9 Å². The van der Waals surface area contributed by atoms with Crippen LogP contribution in [0.25, 0.3) is 0 Å². The summed E-state index contributed by atoms with van der Waals surface area (Å²) in [5.41, 5.74) is 1.25. The van der Waals surface area contributed by atoms with Gasteiger partial charge in [-0.05, 0) is 17.7 Å². The van der Waals surface area contributed by atoms with Crippen LogP contribution in [-0.2, 0) is 20.9 Å². The molecule has 2 rings (SSSR count). The molecule has 7 heteroatoms. The molecule has 1 aliphatic heterocycles. The van der Waals surface area contributed by atoms with Crippen molar-refractivity contribution >= 4 is 33.7 Å². The first-order valence-electron chi connectivity index (χ1n) is 6.35. The standard InChI is InChI=1S/C14H15BrN2O4/c1-16-5-6-17(13(19)12(16)18)8-10-4-3-9(7-11(10)15)14(20)21-2/h3-4,7H,5-6,8H2,1-2H3. The van der Waals surface area contributed by atoms with E-state index in [1.807, 2.05) is 0 Å². The molecular weight excluding hydrogens is 340 g/mol. The van der Waals surface area contributed by atoms with E-state index in [0.29, 0.717) is 29.7 Å². The lowest BCUT2D eigenvalue weighted by atomic mass is 10.1. The molecule has 1 fully saturated rings. The molecule has 0 aliphatic carbocycles. The summed E-state index contributed by atoms with van der Waals surface area (Å²) in [6.45, 7) is 1.33. The van der Waals surface area contributed by atoms with E-state index in [1.165, 1.54) is 16.9 Å². The average Bonchev–Trinajstić information content (AvgIpc) is 2.48. The molecular formula is C14H15BrN2O4. The van der Waals surface area contributed by atoms with Crippen molar-refractivity contribution in [3.63, 3.8) is 0 Å². The fourth-order valence-electron chi connectivity index (χ4n) is 2.05. The van der Waals surface area contributed by atoms with Crippen LogP contribution in [0, 0.1) is 0 Å². The van der Waals surface area contributed by atoms with Gasteiger partial charge in [-0.25, -0.2) is 4.79 Å². The second-order valence-electron chi connectivity index (χ2n) is 4.75. The van der Waals surface area contributed by atoms with Crippen LogP contribution in [0.15, 0.2) is 22.7 Å². The monoisotopic (exact) mass is 354 g/mol. The summed E-state index contributed by atoms with van der Waals surface area (Å²) in [6, 6.07) is 5.02. The molecule has 21 heavy (non-hydrogen) atoms. The van der Waals surface area contributed by atoms with Crippen molar-refractivity contribution in [3.05, 3.63) is 33.8 Å². The summed E-state index contributed by atoms with van der Waals surface area (Å²) in [5.74, 6) is -1.43. The predicted octanol–water partition coefficient (Wildman–Crippen LogP) is 1.04. The molecule has 0 spiro atoms. The molecule has 0 aromatic heterocycles. The second-order valence-corrected chi connectivity index (χ2v) is 5.61. The van der Waals surface area contributed by atoms with Crippen molar-refractivity contribution in [1.82, 2.24) is 9.80 Å². The van der Waals surface area contributed by atoms with Gasteiger partial charge >= 0.3 is 17.8 Å². The molecule has 1 aromatic carbocycles. The van der Waals surface area contributed by atoms with E-state index in [4.69, 9.17) is 0 Å².